The fourth-order valence-electron chi connectivity index (χ4n) is 12.9. The van der Waals surface area contributed by atoms with Crippen molar-refractivity contribution in [1.82, 2.24) is 0 Å². The fourth-order valence-corrected chi connectivity index (χ4v) is 14.5. The van der Waals surface area contributed by atoms with Gasteiger partial charge in [0.05, 0.1) is 26.4 Å². The van der Waals surface area contributed by atoms with Crippen molar-refractivity contribution in [1.29, 1.82) is 0 Å². The maximum absolute atomic E-state index is 13.1. The SMILES string of the molecule is CCCCCCCCCCCCCCCC(=O)O[C@H](COC(=O)CCCCCCCCCCCCC)COP(=O)(O)OC[C@H](O)COP(=O)(O)OC[C@@H](COC(=O)CCCCCCCCCCCCCCCCC(C)C)OC(=O)CCCCCCCCCCCCCCCCCCCCC(C)C. The Morgan fingerprint density at radius 3 is 0.667 bits per heavy atom. The topological polar surface area (TPSA) is 237 Å². The van der Waals surface area contributed by atoms with E-state index in [1.165, 1.54) is 257 Å². The quantitative estimate of drug-likeness (QED) is 0.0222. The largest absolute Gasteiger partial charge is 0.472 e. The van der Waals surface area contributed by atoms with E-state index in [0.29, 0.717) is 25.7 Å². The maximum atomic E-state index is 13.1. The molecule has 606 valence electrons. The van der Waals surface area contributed by atoms with E-state index in [1.807, 2.05) is 0 Å². The Bertz CT molecular complexity index is 1960. The first-order chi connectivity index (χ1) is 49.4. The standard InChI is InChI=1S/C83H162O17P2/c1-7-9-11-13-15-17-19-28-37-43-49-55-61-67-82(87)99-78(71-93-80(85)65-59-53-47-41-33-18-16-14-12-10-8-2)73-97-101(89,90)95-69-77(84)70-96-102(91,92)98-74-79(72-94-81(86)66-60-54-48-42-36-31-27-26-30-35-40-46-52-58-64-76(5)6)100-83(88)68-62-56-50-44-38-32-25-23-21-20-22-24-29-34-39-45-51-57-63-75(3)4/h75-79,84H,7-74H2,1-6H3,(H,89,90)(H,91,92)/t77-,78+,79+/m0/s1. The summed E-state index contributed by atoms with van der Waals surface area (Å²) in [4.78, 5) is 73.1. The summed E-state index contributed by atoms with van der Waals surface area (Å²) in [7, 11) is -9.92. The summed E-state index contributed by atoms with van der Waals surface area (Å²) in [6.45, 7) is 9.71. The lowest BCUT2D eigenvalue weighted by molar-refractivity contribution is -0.161. The smallest absolute Gasteiger partial charge is 0.462 e. The van der Waals surface area contributed by atoms with Crippen LogP contribution in [0.25, 0.3) is 0 Å². The van der Waals surface area contributed by atoms with Crippen LogP contribution in [0.1, 0.15) is 440 Å². The minimum absolute atomic E-state index is 0.108. The molecule has 0 heterocycles. The first-order valence-corrected chi connectivity index (χ1v) is 46.0. The van der Waals surface area contributed by atoms with E-state index in [0.717, 1.165) is 102 Å². The molecule has 0 rings (SSSR count). The van der Waals surface area contributed by atoms with Crippen molar-refractivity contribution in [3.63, 3.8) is 0 Å². The van der Waals surface area contributed by atoms with Crippen LogP contribution in [0.15, 0.2) is 0 Å². The third-order valence-corrected chi connectivity index (χ3v) is 21.4. The first kappa shape index (κ1) is 100. The molecule has 102 heavy (non-hydrogen) atoms. The Labute approximate surface area is 626 Å². The van der Waals surface area contributed by atoms with Crippen molar-refractivity contribution in [2.45, 2.75) is 458 Å². The number of carbonyl (C=O) groups excluding carboxylic acids is 4. The second-order valence-electron chi connectivity index (χ2n) is 30.8. The summed E-state index contributed by atoms with van der Waals surface area (Å²) in [5, 5.41) is 10.7. The van der Waals surface area contributed by atoms with Crippen LogP contribution in [0.2, 0.25) is 0 Å². The lowest BCUT2D eigenvalue weighted by Crippen LogP contribution is -2.30. The molecule has 0 saturated heterocycles. The molecule has 2 unspecified atom stereocenters. The summed E-state index contributed by atoms with van der Waals surface area (Å²) in [5.41, 5.74) is 0. The number of aliphatic hydroxyl groups excluding tert-OH is 1. The molecule has 17 nitrogen and oxygen atoms in total. The average molecular weight is 1490 g/mol. The molecule has 0 fully saturated rings. The zero-order valence-electron chi connectivity index (χ0n) is 66.9. The molecule has 0 aromatic rings. The van der Waals surface area contributed by atoms with E-state index >= 15 is 0 Å². The molecule has 0 aliphatic rings. The highest BCUT2D eigenvalue weighted by Crippen LogP contribution is 2.45. The van der Waals surface area contributed by atoms with E-state index in [2.05, 4.69) is 41.5 Å². The summed E-state index contributed by atoms with van der Waals surface area (Å²) in [6.07, 6.45) is 65.1. The van der Waals surface area contributed by atoms with Gasteiger partial charge < -0.3 is 33.8 Å². The molecular formula is C83H162O17P2. The average Bonchev–Trinajstić information content (AvgIpc) is 0.914. The molecule has 5 atom stereocenters. The zero-order chi connectivity index (χ0) is 74.9. The molecule has 0 aliphatic heterocycles. The van der Waals surface area contributed by atoms with Gasteiger partial charge in [0.15, 0.2) is 12.2 Å². The summed E-state index contributed by atoms with van der Waals surface area (Å²) >= 11 is 0. The molecule has 0 radical (unpaired) electrons. The van der Waals surface area contributed by atoms with E-state index in [9.17, 15) is 43.2 Å². The van der Waals surface area contributed by atoms with E-state index in [1.54, 1.807) is 0 Å². The number of unbranched alkanes of at least 4 members (excludes halogenated alkanes) is 52. The highest BCUT2D eigenvalue weighted by atomic mass is 31.2. The Kier molecular flexibility index (Phi) is 73.1. The molecule has 3 N–H and O–H groups in total. The zero-order valence-corrected chi connectivity index (χ0v) is 68.7. The van der Waals surface area contributed by atoms with Crippen molar-refractivity contribution >= 4 is 39.5 Å². The molecule has 0 amide bonds. The second kappa shape index (κ2) is 74.5. The number of rotatable bonds is 82. The second-order valence-corrected chi connectivity index (χ2v) is 33.7. The molecule has 0 saturated carbocycles. The Balaban J connectivity index is 5.23. The van der Waals surface area contributed by atoms with Crippen molar-refractivity contribution in [2.24, 2.45) is 11.8 Å². The molecule has 0 bridgehead atoms. The molecule has 0 spiro atoms. The van der Waals surface area contributed by atoms with Crippen LogP contribution >= 0.6 is 15.6 Å². The third kappa shape index (κ3) is 76.3. The predicted molar refractivity (Wildman–Crippen MR) is 418 cm³/mol. The van der Waals surface area contributed by atoms with Crippen LogP contribution in [-0.4, -0.2) is 96.7 Å². The number of esters is 4. The fraction of sp³-hybridized carbons (Fsp3) is 0.952. The summed E-state index contributed by atoms with van der Waals surface area (Å²) < 4.78 is 68.8. The first-order valence-electron chi connectivity index (χ1n) is 43.0. The number of phosphoric ester groups is 2. The number of carbonyl (C=O) groups is 4. The van der Waals surface area contributed by atoms with Gasteiger partial charge in [0.1, 0.15) is 19.3 Å². The monoisotopic (exact) mass is 1490 g/mol. The molecule has 0 aromatic heterocycles. The maximum Gasteiger partial charge on any atom is 0.472 e. The van der Waals surface area contributed by atoms with Crippen molar-refractivity contribution in [3.8, 4) is 0 Å². The van der Waals surface area contributed by atoms with Gasteiger partial charge in [-0.25, -0.2) is 9.13 Å². The normalized spacial score (nSPS) is 13.9. The van der Waals surface area contributed by atoms with Gasteiger partial charge >= 0.3 is 39.5 Å². The molecule has 19 heteroatoms. The van der Waals surface area contributed by atoms with Crippen LogP contribution in [0.3, 0.4) is 0 Å². The van der Waals surface area contributed by atoms with Gasteiger partial charge in [0.2, 0.25) is 0 Å². The van der Waals surface area contributed by atoms with Gasteiger partial charge in [0, 0.05) is 25.7 Å². The number of phosphoric acid groups is 2. The minimum Gasteiger partial charge on any atom is -0.462 e. The lowest BCUT2D eigenvalue weighted by Gasteiger charge is -2.21. The van der Waals surface area contributed by atoms with Crippen molar-refractivity contribution < 1.29 is 80.2 Å². The van der Waals surface area contributed by atoms with Gasteiger partial charge in [-0.1, -0.05) is 388 Å². The number of hydrogen-bond donors (Lipinski definition) is 3. The van der Waals surface area contributed by atoms with Crippen molar-refractivity contribution in [3.05, 3.63) is 0 Å². The Morgan fingerprint density at radius 1 is 0.265 bits per heavy atom. The molecule has 0 aromatic carbocycles. The van der Waals surface area contributed by atoms with Gasteiger partial charge in [-0.15, -0.1) is 0 Å². The van der Waals surface area contributed by atoms with Crippen LogP contribution in [0, 0.1) is 11.8 Å². The third-order valence-electron chi connectivity index (χ3n) is 19.5. The lowest BCUT2D eigenvalue weighted by atomic mass is 10.0. The van der Waals surface area contributed by atoms with Crippen LogP contribution < -0.4 is 0 Å². The number of ether oxygens (including phenoxy) is 4. The van der Waals surface area contributed by atoms with Crippen LogP contribution in [0.4, 0.5) is 0 Å². The Morgan fingerprint density at radius 2 is 0.451 bits per heavy atom. The summed E-state index contributed by atoms with van der Waals surface area (Å²) in [6, 6.07) is 0. The molecule has 0 aliphatic carbocycles. The van der Waals surface area contributed by atoms with Crippen LogP contribution in [0.5, 0.6) is 0 Å². The van der Waals surface area contributed by atoms with Gasteiger partial charge in [-0.3, -0.25) is 37.3 Å². The van der Waals surface area contributed by atoms with Gasteiger partial charge in [0.25, 0.3) is 0 Å². The van der Waals surface area contributed by atoms with Crippen molar-refractivity contribution in [2.75, 3.05) is 39.6 Å². The van der Waals surface area contributed by atoms with E-state index < -0.39 is 97.5 Å². The summed E-state index contributed by atoms with van der Waals surface area (Å²) in [5.74, 6) is -0.484. The highest BCUT2D eigenvalue weighted by Gasteiger charge is 2.30. The molecular weight excluding hydrogens is 1330 g/mol. The van der Waals surface area contributed by atoms with E-state index in [4.69, 9.17) is 37.0 Å². The van der Waals surface area contributed by atoms with E-state index in [-0.39, 0.29) is 25.7 Å². The van der Waals surface area contributed by atoms with Gasteiger partial charge in [-0.2, -0.15) is 0 Å². The number of hydrogen-bond acceptors (Lipinski definition) is 15. The van der Waals surface area contributed by atoms with Gasteiger partial charge in [-0.05, 0) is 37.5 Å². The predicted octanol–water partition coefficient (Wildman–Crippen LogP) is 25.1. The minimum atomic E-state index is -4.96. The highest BCUT2D eigenvalue weighted by molar-refractivity contribution is 7.47. The van der Waals surface area contributed by atoms with Crippen LogP contribution in [-0.2, 0) is 65.4 Å². The Hall–Kier alpha value is -1.94. The number of aliphatic hydroxyl groups is 1.